The SMILES string of the molecule is CCCN1CCN(c2cc(C#N)ccc2C(C)O)CC1. The minimum absolute atomic E-state index is 0.508. The van der Waals surface area contributed by atoms with Crippen LogP contribution in [0.4, 0.5) is 5.69 Å². The third-order valence-corrected chi connectivity index (χ3v) is 3.86. The van der Waals surface area contributed by atoms with Crippen LogP contribution < -0.4 is 4.90 Å². The summed E-state index contributed by atoms with van der Waals surface area (Å²) in [6, 6.07) is 7.73. The van der Waals surface area contributed by atoms with Gasteiger partial charge < -0.3 is 10.0 Å². The van der Waals surface area contributed by atoms with Gasteiger partial charge in [0.15, 0.2) is 0 Å². The first-order valence-corrected chi connectivity index (χ1v) is 7.35. The summed E-state index contributed by atoms with van der Waals surface area (Å²) in [6.07, 6.45) is 0.675. The molecule has 1 fully saturated rings. The summed E-state index contributed by atoms with van der Waals surface area (Å²) in [4.78, 5) is 4.75. The van der Waals surface area contributed by atoms with Crippen molar-refractivity contribution in [1.82, 2.24) is 4.90 Å². The summed E-state index contributed by atoms with van der Waals surface area (Å²) in [7, 11) is 0. The average molecular weight is 273 g/mol. The first kappa shape index (κ1) is 14.8. The highest BCUT2D eigenvalue weighted by Gasteiger charge is 2.20. The second-order valence-electron chi connectivity index (χ2n) is 5.39. The Labute approximate surface area is 121 Å². The number of nitriles is 1. The molecule has 0 aromatic heterocycles. The molecule has 1 N–H and O–H groups in total. The number of benzene rings is 1. The van der Waals surface area contributed by atoms with Crippen LogP contribution in [0.3, 0.4) is 0 Å². The van der Waals surface area contributed by atoms with Crippen LogP contribution in [0, 0.1) is 11.3 Å². The molecule has 20 heavy (non-hydrogen) atoms. The number of rotatable bonds is 4. The Morgan fingerprint density at radius 3 is 2.55 bits per heavy atom. The zero-order valence-corrected chi connectivity index (χ0v) is 12.3. The van der Waals surface area contributed by atoms with Crippen LogP contribution in [0.1, 0.15) is 37.5 Å². The zero-order valence-electron chi connectivity index (χ0n) is 12.3. The Bertz CT molecular complexity index is 485. The highest BCUT2D eigenvalue weighted by Crippen LogP contribution is 2.28. The summed E-state index contributed by atoms with van der Waals surface area (Å²) in [6.45, 7) is 9.12. The van der Waals surface area contributed by atoms with E-state index >= 15 is 0 Å². The lowest BCUT2D eigenvalue weighted by Crippen LogP contribution is -2.46. The molecule has 0 aliphatic carbocycles. The van der Waals surface area contributed by atoms with Gasteiger partial charge >= 0.3 is 0 Å². The molecule has 1 heterocycles. The van der Waals surface area contributed by atoms with Crippen molar-refractivity contribution in [1.29, 1.82) is 5.26 Å². The monoisotopic (exact) mass is 273 g/mol. The molecular formula is C16H23N3O. The second kappa shape index (κ2) is 6.74. The Morgan fingerprint density at radius 2 is 2.00 bits per heavy atom. The standard InChI is InChI=1S/C16H23N3O/c1-3-6-18-7-9-19(10-8-18)16-11-14(12-17)4-5-15(16)13(2)20/h4-5,11,13,20H,3,6-10H2,1-2H3. The molecule has 4 heteroatoms. The molecule has 2 rings (SSSR count). The number of piperazine rings is 1. The highest BCUT2D eigenvalue weighted by atomic mass is 16.3. The molecule has 1 aliphatic rings. The minimum atomic E-state index is -0.508. The van der Waals surface area contributed by atoms with E-state index in [-0.39, 0.29) is 0 Å². The Kier molecular flexibility index (Phi) is 4.99. The normalized spacial score (nSPS) is 17.8. The summed E-state index contributed by atoms with van der Waals surface area (Å²) < 4.78 is 0. The van der Waals surface area contributed by atoms with Gasteiger partial charge in [-0.1, -0.05) is 13.0 Å². The smallest absolute Gasteiger partial charge is 0.0992 e. The van der Waals surface area contributed by atoms with Gasteiger partial charge in [-0.25, -0.2) is 0 Å². The van der Waals surface area contributed by atoms with Crippen molar-refractivity contribution in [3.05, 3.63) is 29.3 Å². The van der Waals surface area contributed by atoms with E-state index in [1.54, 1.807) is 13.0 Å². The summed E-state index contributed by atoms with van der Waals surface area (Å²) in [5, 5.41) is 19.0. The van der Waals surface area contributed by atoms with Gasteiger partial charge in [0.05, 0.1) is 17.7 Å². The first-order valence-electron chi connectivity index (χ1n) is 7.35. The molecule has 0 amide bonds. The van der Waals surface area contributed by atoms with Crippen LogP contribution >= 0.6 is 0 Å². The molecule has 1 aromatic carbocycles. The number of anilines is 1. The van der Waals surface area contributed by atoms with Crippen molar-refractivity contribution in [2.75, 3.05) is 37.6 Å². The first-order chi connectivity index (χ1) is 9.65. The van der Waals surface area contributed by atoms with Gasteiger partial charge in [0.25, 0.3) is 0 Å². The fraction of sp³-hybridized carbons (Fsp3) is 0.562. The largest absolute Gasteiger partial charge is 0.389 e. The lowest BCUT2D eigenvalue weighted by atomic mass is 10.0. The molecule has 108 valence electrons. The van der Waals surface area contributed by atoms with Crippen LogP contribution in [0.25, 0.3) is 0 Å². The van der Waals surface area contributed by atoms with Crippen molar-refractivity contribution < 1.29 is 5.11 Å². The molecule has 0 radical (unpaired) electrons. The van der Waals surface area contributed by atoms with Crippen LogP contribution in [-0.2, 0) is 0 Å². The maximum atomic E-state index is 9.92. The van der Waals surface area contributed by atoms with Crippen LogP contribution in [0.5, 0.6) is 0 Å². The Hall–Kier alpha value is -1.57. The van der Waals surface area contributed by atoms with E-state index in [9.17, 15) is 5.11 Å². The predicted molar refractivity (Wildman–Crippen MR) is 80.7 cm³/mol. The van der Waals surface area contributed by atoms with E-state index in [2.05, 4.69) is 22.8 Å². The number of aliphatic hydroxyl groups is 1. The van der Waals surface area contributed by atoms with Crippen molar-refractivity contribution in [2.24, 2.45) is 0 Å². The molecule has 4 nitrogen and oxygen atoms in total. The fourth-order valence-corrected chi connectivity index (χ4v) is 2.77. The Morgan fingerprint density at radius 1 is 1.30 bits per heavy atom. The molecule has 0 bridgehead atoms. The topological polar surface area (TPSA) is 50.5 Å². The van der Waals surface area contributed by atoms with E-state index < -0.39 is 6.10 Å². The third kappa shape index (κ3) is 3.30. The number of aliphatic hydroxyl groups excluding tert-OH is 1. The van der Waals surface area contributed by atoms with Crippen molar-refractivity contribution in [2.45, 2.75) is 26.4 Å². The van der Waals surface area contributed by atoms with Crippen molar-refractivity contribution in [3.8, 4) is 6.07 Å². The van der Waals surface area contributed by atoms with Gasteiger partial charge in [0.2, 0.25) is 0 Å². The second-order valence-corrected chi connectivity index (χ2v) is 5.39. The molecule has 0 saturated carbocycles. The van der Waals surface area contributed by atoms with Gasteiger partial charge in [0, 0.05) is 37.4 Å². The lowest BCUT2D eigenvalue weighted by Gasteiger charge is -2.37. The lowest BCUT2D eigenvalue weighted by molar-refractivity contribution is 0.199. The maximum absolute atomic E-state index is 9.92. The van der Waals surface area contributed by atoms with E-state index in [0.29, 0.717) is 5.56 Å². The molecule has 1 atom stereocenters. The molecule has 0 spiro atoms. The molecular weight excluding hydrogens is 250 g/mol. The van der Waals surface area contributed by atoms with Crippen molar-refractivity contribution >= 4 is 5.69 Å². The Balaban J connectivity index is 2.18. The third-order valence-electron chi connectivity index (χ3n) is 3.86. The zero-order chi connectivity index (χ0) is 14.5. The summed E-state index contributed by atoms with van der Waals surface area (Å²) in [5.41, 5.74) is 2.57. The number of hydrogen-bond donors (Lipinski definition) is 1. The number of nitrogens with zero attached hydrogens (tertiary/aromatic N) is 3. The van der Waals surface area contributed by atoms with Crippen LogP contribution in [-0.4, -0.2) is 42.7 Å². The summed E-state index contributed by atoms with van der Waals surface area (Å²) in [5.74, 6) is 0. The van der Waals surface area contributed by atoms with E-state index in [0.717, 1.165) is 44.0 Å². The van der Waals surface area contributed by atoms with Gasteiger partial charge in [0.1, 0.15) is 0 Å². The van der Waals surface area contributed by atoms with E-state index in [1.165, 1.54) is 6.42 Å². The summed E-state index contributed by atoms with van der Waals surface area (Å²) >= 11 is 0. The molecule has 1 unspecified atom stereocenters. The quantitative estimate of drug-likeness (QED) is 0.913. The number of hydrogen-bond acceptors (Lipinski definition) is 4. The van der Waals surface area contributed by atoms with E-state index in [1.807, 2.05) is 12.1 Å². The van der Waals surface area contributed by atoms with Crippen molar-refractivity contribution in [3.63, 3.8) is 0 Å². The van der Waals surface area contributed by atoms with E-state index in [4.69, 9.17) is 5.26 Å². The predicted octanol–water partition coefficient (Wildman–Crippen LogP) is 2.14. The van der Waals surface area contributed by atoms with Gasteiger partial charge in [-0.2, -0.15) is 5.26 Å². The average Bonchev–Trinajstić information content (AvgIpc) is 2.47. The maximum Gasteiger partial charge on any atom is 0.0992 e. The van der Waals surface area contributed by atoms with Crippen LogP contribution in [0.2, 0.25) is 0 Å². The molecule has 1 aliphatic heterocycles. The minimum Gasteiger partial charge on any atom is -0.389 e. The van der Waals surface area contributed by atoms with Gasteiger partial charge in [-0.15, -0.1) is 0 Å². The highest BCUT2D eigenvalue weighted by molar-refractivity contribution is 5.58. The van der Waals surface area contributed by atoms with Gasteiger partial charge in [-0.3, -0.25) is 4.90 Å². The molecule has 1 aromatic rings. The fourth-order valence-electron chi connectivity index (χ4n) is 2.77. The van der Waals surface area contributed by atoms with Crippen LogP contribution in [0.15, 0.2) is 18.2 Å². The molecule has 1 saturated heterocycles. The van der Waals surface area contributed by atoms with Gasteiger partial charge in [-0.05, 0) is 32.0 Å².